The molecule has 13 heavy (non-hydrogen) atoms. The summed E-state index contributed by atoms with van der Waals surface area (Å²) in [5.41, 5.74) is 2.09. The third-order valence-corrected chi connectivity index (χ3v) is 2.15. The highest BCUT2D eigenvalue weighted by Crippen LogP contribution is 2.30. The summed E-state index contributed by atoms with van der Waals surface area (Å²) in [4.78, 5) is 0. The highest BCUT2D eigenvalue weighted by Gasteiger charge is 2.05. The average Bonchev–Trinajstić information content (AvgIpc) is 2.11. The standard InChI is InChI=1S/C10H14ClNO/c1-4-12-10-7(2)5-8(13-3)6-9(10)11/h5-6,12H,4H2,1-3H3. The maximum atomic E-state index is 6.05. The largest absolute Gasteiger partial charge is 0.497 e. The molecule has 0 heterocycles. The molecule has 0 aliphatic heterocycles. The molecular weight excluding hydrogens is 186 g/mol. The molecule has 2 nitrogen and oxygen atoms in total. The van der Waals surface area contributed by atoms with E-state index < -0.39 is 0 Å². The molecule has 0 spiro atoms. The van der Waals surface area contributed by atoms with Gasteiger partial charge in [-0.3, -0.25) is 0 Å². The van der Waals surface area contributed by atoms with Crippen molar-refractivity contribution in [1.29, 1.82) is 0 Å². The number of halogens is 1. The Morgan fingerprint density at radius 2 is 2.15 bits per heavy atom. The molecule has 1 rings (SSSR count). The van der Waals surface area contributed by atoms with Crippen LogP contribution in [0.3, 0.4) is 0 Å². The Morgan fingerprint density at radius 1 is 1.46 bits per heavy atom. The fourth-order valence-electron chi connectivity index (χ4n) is 1.23. The smallest absolute Gasteiger partial charge is 0.120 e. The number of aryl methyl sites for hydroxylation is 1. The monoisotopic (exact) mass is 199 g/mol. The zero-order chi connectivity index (χ0) is 9.84. The van der Waals surface area contributed by atoms with Crippen molar-refractivity contribution in [3.63, 3.8) is 0 Å². The van der Waals surface area contributed by atoms with Gasteiger partial charge in [-0.05, 0) is 25.5 Å². The van der Waals surface area contributed by atoms with Crippen molar-refractivity contribution in [3.8, 4) is 5.75 Å². The summed E-state index contributed by atoms with van der Waals surface area (Å²) in [7, 11) is 1.64. The molecule has 0 bridgehead atoms. The van der Waals surface area contributed by atoms with Gasteiger partial charge in [0.15, 0.2) is 0 Å². The first-order chi connectivity index (χ1) is 6.19. The van der Waals surface area contributed by atoms with Crippen molar-refractivity contribution >= 4 is 17.3 Å². The zero-order valence-electron chi connectivity index (χ0n) is 8.15. The molecule has 0 unspecified atom stereocenters. The highest BCUT2D eigenvalue weighted by molar-refractivity contribution is 6.33. The maximum Gasteiger partial charge on any atom is 0.120 e. The Balaban J connectivity index is 3.07. The predicted molar refractivity (Wildman–Crippen MR) is 56.9 cm³/mol. The average molecular weight is 200 g/mol. The fourth-order valence-corrected chi connectivity index (χ4v) is 1.55. The van der Waals surface area contributed by atoms with Crippen molar-refractivity contribution in [3.05, 3.63) is 22.7 Å². The summed E-state index contributed by atoms with van der Waals surface area (Å²) in [6, 6.07) is 3.77. The van der Waals surface area contributed by atoms with E-state index in [9.17, 15) is 0 Å². The van der Waals surface area contributed by atoms with Crippen LogP contribution in [-0.4, -0.2) is 13.7 Å². The van der Waals surface area contributed by atoms with E-state index in [-0.39, 0.29) is 0 Å². The lowest BCUT2D eigenvalue weighted by Gasteiger charge is -2.11. The van der Waals surface area contributed by atoms with Crippen LogP contribution in [0.4, 0.5) is 5.69 Å². The van der Waals surface area contributed by atoms with Gasteiger partial charge in [-0.1, -0.05) is 11.6 Å². The second-order valence-corrected chi connectivity index (χ2v) is 3.24. The lowest BCUT2D eigenvalue weighted by atomic mass is 10.2. The first-order valence-electron chi connectivity index (χ1n) is 4.27. The first-order valence-corrected chi connectivity index (χ1v) is 4.64. The van der Waals surface area contributed by atoms with Gasteiger partial charge in [0.1, 0.15) is 5.75 Å². The summed E-state index contributed by atoms with van der Waals surface area (Å²) >= 11 is 6.05. The van der Waals surface area contributed by atoms with E-state index in [2.05, 4.69) is 5.32 Å². The van der Waals surface area contributed by atoms with Crippen molar-refractivity contribution in [2.75, 3.05) is 19.0 Å². The summed E-state index contributed by atoms with van der Waals surface area (Å²) < 4.78 is 5.10. The fraction of sp³-hybridized carbons (Fsp3) is 0.400. The molecule has 72 valence electrons. The van der Waals surface area contributed by atoms with Crippen molar-refractivity contribution in [2.24, 2.45) is 0 Å². The predicted octanol–water partition coefficient (Wildman–Crippen LogP) is 3.09. The molecule has 0 fully saturated rings. The Hall–Kier alpha value is -0.890. The molecule has 0 saturated heterocycles. The van der Waals surface area contributed by atoms with E-state index in [4.69, 9.17) is 16.3 Å². The van der Waals surface area contributed by atoms with Gasteiger partial charge in [0, 0.05) is 12.6 Å². The number of ether oxygens (including phenoxy) is 1. The Kier molecular flexibility index (Phi) is 3.43. The second-order valence-electron chi connectivity index (χ2n) is 2.83. The van der Waals surface area contributed by atoms with E-state index in [1.807, 2.05) is 26.0 Å². The van der Waals surface area contributed by atoms with Crippen LogP contribution in [0.5, 0.6) is 5.75 Å². The number of hydrogen-bond acceptors (Lipinski definition) is 2. The maximum absolute atomic E-state index is 6.05. The number of hydrogen-bond donors (Lipinski definition) is 1. The Morgan fingerprint density at radius 3 is 2.62 bits per heavy atom. The molecule has 0 aliphatic rings. The normalized spacial score (nSPS) is 9.85. The minimum absolute atomic E-state index is 0.707. The van der Waals surface area contributed by atoms with E-state index in [1.54, 1.807) is 7.11 Å². The van der Waals surface area contributed by atoms with Crippen LogP contribution < -0.4 is 10.1 Å². The van der Waals surface area contributed by atoms with E-state index in [0.29, 0.717) is 5.02 Å². The quantitative estimate of drug-likeness (QED) is 0.808. The number of rotatable bonds is 3. The molecule has 0 radical (unpaired) electrons. The molecule has 0 saturated carbocycles. The highest BCUT2D eigenvalue weighted by atomic mass is 35.5. The number of benzene rings is 1. The van der Waals surface area contributed by atoms with Crippen LogP contribution in [0.15, 0.2) is 12.1 Å². The van der Waals surface area contributed by atoms with Gasteiger partial charge in [0.25, 0.3) is 0 Å². The van der Waals surface area contributed by atoms with Gasteiger partial charge in [-0.15, -0.1) is 0 Å². The second kappa shape index (κ2) is 4.38. The van der Waals surface area contributed by atoms with Crippen LogP contribution in [0.25, 0.3) is 0 Å². The lowest BCUT2D eigenvalue weighted by molar-refractivity contribution is 0.414. The molecule has 0 atom stereocenters. The SMILES string of the molecule is CCNc1c(C)cc(OC)cc1Cl. The molecule has 3 heteroatoms. The van der Waals surface area contributed by atoms with Gasteiger partial charge < -0.3 is 10.1 Å². The van der Waals surface area contributed by atoms with Crippen LogP contribution in [0, 0.1) is 6.92 Å². The Bertz CT molecular complexity index is 276. The summed E-state index contributed by atoms with van der Waals surface area (Å²) in [5.74, 6) is 0.796. The molecule has 1 aromatic rings. The van der Waals surface area contributed by atoms with Gasteiger partial charge in [-0.2, -0.15) is 0 Å². The number of nitrogens with one attached hydrogen (secondary N) is 1. The first kappa shape index (κ1) is 10.2. The van der Waals surface area contributed by atoms with Crippen molar-refractivity contribution in [1.82, 2.24) is 0 Å². The minimum Gasteiger partial charge on any atom is -0.497 e. The third-order valence-electron chi connectivity index (χ3n) is 1.85. The molecular formula is C10H14ClNO. The molecule has 1 N–H and O–H groups in total. The summed E-state index contributed by atoms with van der Waals surface area (Å²) in [6.07, 6.45) is 0. The minimum atomic E-state index is 0.707. The molecule has 0 aromatic heterocycles. The number of methoxy groups -OCH3 is 1. The lowest BCUT2D eigenvalue weighted by Crippen LogP contribution is -2.00. The van der Waals surface area contributed by atoms with Crippen molar-refractivity contribution in [2.45, 2.75) is 13.8 Å². The van der Waals surface area contributed by atoms with Crippen LogP contribution >= 0.6 is 11.6 Å². The number of anilines is 1. The zero-order valence-corrected chi connectivity index (χ0v) is 8.90. The van der Waals surface area contributed by atoms with E-state index in [1.165, 1.54) is 0 Å². The van der Waals surface area contributed by atoms with E-state index in [0.717, 1.165) is 23.5 Å². The summed E-state index contributed by atoms with van der Waals surface area (Å²) in [6.45, 7) is 4.92. The van der Waals surface area contributed by atoms with Crippen molar-refractivity contribution < 1.29 is 4.74 Å². The van der Waals surface area contributed by atoms with Crippen LogP contribution in [0.2, 0.25) is 5.02 Å². The molecule has 1 aromatic carbocycles. The van der Waals surface area contributed by atoms with Gasteiger partial charge in [0.05, 0.1) is 17.8 Å². The van der Waals surface area contributed by atoms with Gasteiger partial charge >= 0.3 is 0 Å². The topological polar surface area (TPSA) is 21.3 Å². The Labute approximate surface area is 83.9 Å². The third kappa shape index (κ3) is 2.28. The van der Waals surface area contributed by atoms with Gasteiger partial charge in [0.2, 0.25) is 0 Å². The van der Waals surface area contributed by atoms with Crippen LogP contribution in [0.1, 0.15) is 12.5 Å². The van der Waals surface area contributed by atoms with E-state index >= 15 is 0 Å². The molecule has 0 amide bonds. The summed E-state index contributed by atoms with van der Waals surface area (Å²) in [5, 5.41) is 3.92. The van der Waals surface area contributed by atoms with Gasteiger partial charge in [-0.25, -0.2) is 0 Å². The van der Waals surface area contributed by atoms with Crippen LogP contribution in [-0.2, 0) is 0 Å². The molecule has 0 aliphatic carbocycles.